The summed E-state index contributed by atoms with van der Waals surface area (Å²) in [5, 5.41) is 10.6. The van der Waals surface area contributed by atoms with Crippen LogP contribution in [0.4, 0.5) is 0 Å². The van der Waals surface area contributed by atoms with Gasteiger partial charge in [-0.3, -0.25) is 37.3 Å². The second-order valence-electron chi connectivity index (χ2n) is 27.3. The minimum Gasteiger partial charge on any atom is -0.462 e. The Morgan fingerprint density at radius 1 is 0.279 bits per heavy atom. The molecular formula is C85H148O17P2. The van der Waals surface area contributed by atoms with E-state index in [2.05, 4.69) is 125 Å². The Bertz CT molecular complexity index is 2390. The van der Waals surface area contributed by atoms with Crippen LogP contribution in [0.25, 0.3) is 0 Å². The summed E-state index contributed by atoms with van der Waals surface area (Å²) < 4.78 is 68.6. The van der Waals surface area contributed by atoms with Crippen molar-refractivity contribution in [2.45, 2.75) is 367 Å². The molecule has 600 valence electrons. The van der Waals surface area contributed by atoms with Crippen LogP contribution < -0.4 is 0 Å². The Kier molecular flexibility index (Phi) is 73.7. The molecule has 5 atom stereocenters. The molecule has 0 rings (SSSR count). The van der Waals surface area contributed by atoms with Gasteiger partial charge in [0.2, 0.25) is 0 Å². The quantitative estimate of drug-likeness (QED) is 0.0169. The Morgan fingerprint density at radius 2 is 0.519 bits per heavy atom. The van der Waals surface area contributed by atoms with E-state index in [1.807, 2.05) is 12.2 Å². The van der Waals surface area contributed by atoms with E-state index in [1.165, 1.54) is 122 Å². The minimum atomic E-state index is -4.99. The van der Waals surface area contributed by atoms with Gasteiger partial charge in [0.15, 0.2) is 12.2 Å². The van der Waals surface area contributed by atoms with E-state index in [-0.39, 0.29) is 25.7 Å². The Balaban J connectivity index is 5.37. The standard InChI is InChI=1S/C85H148O17P2/c1-5-9-13-17-21-25-29-32-35-37-39-41-44-46-50-53-57-61-65-69-82(87)95-75-80(101-84(89)71-67-63-59-55-49-28-24-20-16-12-8-4)77-99-103(91,92)97-73-79(86)74-98-104(93,94)100-78-81(102-85(90)72-68-64-60-56-52-48-43-34-31-27-23-19-15-11-7-3)76-96-83(88)70-66-62-58-54-51-47-45-42-40-38-36-33-30-26-22-18-14-10-6-2/h10,14,21-22,25-26,32-33,35-36,39-42,47,51,58,62,79-81,86H,5-9,11-13,15-20,23-24,27-31,34,37-38,43-46,48-50,52-57,59-61,63-78H2,1-4H3,(H,91,92)(H,93,94)/b14-10-,25-21-,26-22-,35-32-,36-33-,41-39-,42-40-,51-47-,62-58-. The van der Waals surface area contributed by atoms with Crippen molar-refractivity contribution in [2.24, 2.45) is 0 Å². The molecule has 0 bridgehead atoms. The Morgan fingerprint density at radius 3 is 0.846 bits per heavy atom. The van der Waals surface area contributed by atoms with E-state index < -0.39 is 97.5 Å². The van der Waals surface area contributed by atoms with Crippen molar-refractivity contribution in [3.05, 3.63) is 109 Å². The van der Waals surface area contributed by atoms with Crippen LogP contribution in [0.3, 0.4) is 0 Å². The summed E-state index contributed by atoms with van der Waals surface area (Å²) >= 11 is 0. The Hall–Kier alpha value is -4.28. The fraction of sp³-hybridized carbons (Fsp3) is 0.741. The number of phosphoric ester groups is 2. The number of unbranched alkanes of at least 4 members (excludes halogenated alkanes) is 33. The van der Waals surface area contributed by atoms with Gasteiger partial charge in [-0.05, 0) is 103 Å². The second kappa shape index (κ2) is 76.9. The average Bonchev–Trinajstić information content (AvgIpc) is 0.929. The number of aliphatic hydroxyl groups excluding tert-OH is 1. The summed E-state index contributed by atoms with van der Waals surface area (Å²) in [7, 11) is -9.97. The highest BCUT2D eigenvalue weighted by Gasteiger charge is 2.30. The summed E-state index contributed by atoms with van der Waals surface area (Å²) in [6.07, 6.45) is 83.6. The molecule has 0 aliphatic carbocycles. The zero-order valence-corrected chi connectivity index (χ0v) is 67.5. The van der Waals surface area contributed by atoms with Crippen molar-refractivity contribution < 1.29 is 80.2 Å². The summed E-state index contributed by atoms with van der Waals surface area (Å²) in [6.45, 7) is 4.68. The van der Waals surface area contributed by atoms with Gasteiger partial charge in [0.25, 0.3) is 0 Å². The van der Waals surface area contributed by atoms with Gasteiger partial charge in [-0.15, -0.1) is 0 Å². The largest absolute Gasteiger partial charge is 0.472 e. The molecule has 0 aliphatic heterocycles. The number of phosphoric acid groups is 2. The molecule has 0 aromatic rings. The maximum absolute atomic E-state index is 13.1. The molecule has 0 radical (unpaired) electrons. The molecule has 0 aliphatic rings. The van der Waals surface area contributed by atoms with Gasteiger partial charge in [-0.25, -0.2) is 9.13 Å². The molecule has 0 fully saturated rings. The summed E-state index contributed by atoms with van der Waals surface area (Å²) in [5.74, 6) is -2.27. The third kappa shape index (κ3) is 75.9. The van der Waals surface area contributed by atoms with Gasteiger partial charge in [0.05, 0.1) is 26.4 Å². The maximum Gasteiger partial charge on any atom is 0.472 e. The zero-order chi connectivity index (χ0) is 76.0. The van der Waals surface area contributed by atoms with E-state index in [0.717, 1.165) is 141 Å². The first-order valence-corrected chi connectivity index (χ1v) is 44.1. The van der Waals surface area contributed by atoms with Crippen molar-refractivity contribution in [3.8, 4) is 0 Å². The van der Waals surface area contributed by atoms with Crippen LogP contribution >= 0.6 is 15.6 Å². The van der Waals surface area contributed by atoms with Crippen LogP contribution in [-0.4, -0.2) is 96.7 Å². The lowest BCUT2D eigenvalue weighted by Gasteiger charge is -2.21. The van der Waals surface area contributed by atoms with Crippen molar-refractivity contribution in [1.29, 1.82) is 0 Å². The lowest BCUT2D eigenvalue weighted by Crippen LogP contribution is -2.30. The number of esters is 4. The highest BCUT2D eigenvalue weighted by atomic mass is 31.2. The number of hydrogen-bond acceptors (Lipinski definition) is 15. The van der Waals surface area contributed by atoms with Gasteiger partial charge in [-0.1, -0.05) is 330 Å². The smallest absolute Gasteiger partial charge is 0.462 e. The molecule has 0 saturated carbocycles. The van der Waals surface area contributed by atoms with Crippen LogP contribution in [0.1, 0.15) is 349 Å². The summed E-state index contributed by atoms with van der Waals surface area (Å²) in [5.41, 5.74) is 0. The molecule has 5 unspecified atom stereocenters. The molecule has 104 heavy (non-hydrogen) atoms. The lowest BCUT2D eigenvalue weighted by molar-refractivity contribution is -0.161. The fourth-order valence-electron chi connectivity index (χ4n) is 11.0. The molecule has 0 heterocycles. The first kappa shape index (κ1) is 99.7. The third-order valence-electron chi connectivity index (χ3n) is 17.3. The maximum atomic E-state index is 13.1. The average molecular weight is 1500 g/mol. The highest BCUT2D eigenvalue weighted by Crippen LogP contribution is 2.45. The molecule has 0 amide bonds. The number of aliphatic hydroxyl groups is 1. The van der Waals surface area contributed by atoms with E-state index in [0.29, 0.717) is 32.1 Å². The van der Waals surface area contributed by atoms with Crippen LogP contribution in [0.5, 0.6) is 0 Å². The number of carbonyl (C=O) groups excluding carboxylic acids is 4. The lowest BCUT2D eigenvalue weighted by atomic mass is 10.0. The predicted molar refractivity (Wildman–Crippen MR) is 427 cm³/mol. The van der Waals surface area contributed by atoms with Crippen LogP contribution in [-0.2, 0) is 65.4 Å². The zero-order valence-electron chi connectivity index (χ0n) is 65.7. The highest BCUT2D eigenvalue weighted by molar-refractivity contribution is 7.47. The Labute approximate surface area is 632 Å². The molecule has 0 saturated heterocycles. The molecule has 0 aromatic carbocycles. The van der Waals surface area contributed by atoms with Crippen LogP contribution in [0, 0.1) is 0 Å². The molecule has 19 heteroatoms. The van der Waals surface area contributed by atoms with Crippen LogP contribution in [0.2, 0.25) is 0 Å². The number of allylic oxidation sites excluding steroid dienone is 18. The molecule has 0 spiro atoms. The number of rotatable bonds is 77. The molecular weight excluding hydrogens is 1350 g/mol. The van der Waals surface area contributed by atoms with Gasteiger partial charge >= 0.3 is 39.5 Å². The van der Waals surface area contributed by atoms with Gasteiger partial charge < -0.3 is 33.8 Å². The minimum absolute atomic E-state index is 0.0376. The summed E-state index contributed by atoms with van der Waals surface area (Å²) in [6, 6.07) is 0. The summed E-state index contributed by atoms with van der Waals surface area (Å²) in [4.78, 5) is 73.0. The monoisotopic (exact) mass is 1500 g/mol. The van der Waals surface area contributed by atoms with Gasteiger partial charge in [-0.2, -0.15) is 0 Å². The fourth-order valence-corrected chi connectivity index (χ4v) is 12.6. The normalized spacial score (nSPS) is 14.4. The first-order chi connectivity index (χ1) is 50.7. The van der Waals surface area contributed by atoms with E-state index >= 15 is 0 Å². The number of hydrogen-bond donors (Lipinski definition) is 3. The SMILES string of the molecule is CC/C=C\C/C=C\C/C=C\C/C=C\C/C=C\C/C=C\CCC(=O)OCC(COP(=O)(O)OCC(O)COP(=O)(O)OCC(COC(=O)CCCCCCCC/C=C\C/C=C\C/C=C\CCCCC)OC(=O)CCCCCCCCCCCCC)OC(=O)CCCCCCCCCCCCCCCCC. The van der Waals surface area contributed by atoms with Crippen molar-refractivity contribution in [3.63, 3.8) is 0 Å². The predicted octanol–water partition coefficient (Wildman–Crippen LogP) is 24.1. The van der Waals surface area contributed by atoms with Gasteiger partial charge in [0, 0.05) is 25.7 Å². The van der Waals surface area contributed by atoms with E-state index in [4.69, 9.17) is 37.0 Å². The molecule has 0 aromatic heterocycles. The molecule has 17 nitrogen and oxygen atoms in total. The second-order valence-corrected chi connectivity index (χ2v) is 30.3. The van der Waals surface area contributed by atoms with Gasteiger partial charge in [0.1, 0.15) is 19.3 Å². The number of ether oxygens (including phenoxy) is 4. The topological polar surface area (TPSA) is 237 Å². The van der Waals surface area contributed by atoms with Crippen LogP contribution in [0.15, 0.2) is 109 Å². The number of carbonyl (C=O) groups is 4. The molecule has 3 N–H and O–H groups in total. The third-order valence-corrected chi connectivity index (χ3v) is 19.2. The van der Waals surface area contributed by atoms with Crippen molar-refractivity contribution >= 4 is 39.5 Å². The van der Waals surface area contributed by atoms with E-state index in [9.17, 15) is 43.2 Å². The first-order valence-electron chi connectivity index (χ1n) is 41.1. The van der Waals surface area contributed by atoms with Crippen molar-refractivity contribution in [1.82, 2.24) is 0 Å². The van der Waals surface area contributed by atoms with Crippen molar-refractivity contribution in [2.75, 3.05) is 39.6 Å². The van der Waals surface area contributed by atoms with E-state index in [1.54, 1.807) is 0 Å².